The molecule has 0 aliphatic carbocycles. The molecule has 5 nitrogen and oxygen atoms in total. The van der Waals surface area contributed by atoms with Crippen LogP contribution in [0.15, 0.2) is 48.0 Å². The second kappa shape index (κ2) is 8.25. The molecule has 0 bridgehead atoms. The number of hydrogen-bond acceptors (Lipinski definition) is 6. The van der Waals surface area contributed by atoms with Gasteiger partial charge in [0.05, 0.1) is 5.51 Å². The van der Waals surface area contributed by atoms with Gasteiger partial charge < -0.3 is 10.1 Å². The molecule has 0 atom stereocenters. The Hall–Kier alpha value is -2.62. The Bertz CT molecular complexity index is 1180. The minimum Gasteiger partial charge on any atom is -0.406 e. The van der Waals surface area contributed by atoms with Crippen LogP contribution in [0.3, 0.4) is 0 Å². The molecule has 0 aliphatic heterocycles. The van der Waals surface area contributed by atoms with E-state index in [1.807, 2.05) is 0 Å². The third-order valence-corrected chi connectivity index (χ3v) is 5.42. The molecule has 154 valence electrons. The highest BCUT2D eigenvalue weighted by Crippen LogP contribution is 2.30. The minimum absolute atomic E-state index is 0.305. The van der Waals surface area contributed by atoms with E-state index >= 15 is 0 Å². The topological polar surface area (TPSA) is 59.9 Å². The van der Waals surface area contributed by atoms with Crippen LogP contribution in [0.25, 0.3) is 10.3 Å². The van der Waals surface area contributed by atoms with Gasteiger partial charge in [-0.2, -0.15) is 0 Å². The van der Waals surface area contributed by atoms with E-state index in [9.17, 15) is 13.2 Å². The number of fused-ring (bicyclic) bond motifs is 1. The van der Waals surface area contributed by atoms with Crippen LogP contribution >= 0.6 is 34.5 Å². The average Bonchev–Trinajstić information content (AvgIpc) is 3.14. The molecule has 11 heteroatoms. The molecule has 0 saturated heterocycles. The van der Waals surface area contributed by atoms with Gasteiger partial charge in [-0.25, -0.2) is 15.0 Å². The van der Waals surface area contributed by atoms with Crippen LogP contribution in [0.4, 0.5) is 24.7 Å². The van der Waals surface area contributed by atoms with Crippen LogP contribution in [0.5, 0.6) is 5.75 Å². The maximum Gasteiger partial charge on any atom is 0.573 e. The van der Waals surface area contributed by atoms with Crippen LogP contribution < -0.4 is 10.1 Å². The second-order valence-corrected chi connectivity index (χ2v) is 7.72. The van der Waals surface area contributed by atoms with Crippen molar-refractivity contribution in [3.63, 3.8) is 0 Å². The Morgan fingerprint density at radius 2 is 1.70 bits per heavy atom. The largest absolute Gasteiger partial charge is 0.573 e. The van der Waals surface area contributed by atoms with Crippen LogP contribution in [-0.4, -0.2) is 21.3 Å². The third kappa shape index (κ3) is 4.75. The van der Waals surface area contributed by atoms with E-state index in [2.05, 4.69) is 25.0 Å². The molecule has 4 rings (SSSR count). The monoisotopic (exact) mass is 470 g/mol. The number of thiazole rings is 1. The molecule has 1 N–H and O–H groups in total. The fourth-order valence-electron chi connectivity index (χ4n) is 2.71. The summed E-state index contributed by atoms with van der Waals surface area (Å²) >= 11 is 13.8. The van der Waals surface area contributed by atoms with Crippen LogP contribution in [0.2, 0.25) is 10.0 Å². The number of alkyl halides is 3. The predicted octanol–water partition coefficient (Wildman–Crippen LogP) is 6.63. The molecule has 0 aliphatic rings. The predicted molar refractivity (Wildman–Crippen MR) is 111 cm³/mol. The lowest BCUT2D eigenvalue weighted by atomic mass is 10.1. The number of ether oxygens (including phenoxy) is 1. The normalized spacial score (nSPS) is 11.6. The van der Waals surface area contributed by atoms with E-state index in [0.717, 1.165) is 0 Å². The number of hydrogen-bond donors (Lipinski definition) is 1. The summed E-state index contributed by atoms with van der Waals surface area (Å²) in [6, 6.07) is 10.5. The first kappa shape index (κ1) is 20.6. The zero-order chi connectivity index (χ0) is 21.3. The van der Waals surface area contributed by atoms with Gasteiger partial charge in [-0.15, -0.1) is 24.5 Å². The highest BCUT2D eigenvalue weighted by Gasteiger charge is 2.31. The number of nitrogens with one attached hydrogen (secondary N) is 1. The SMILES string of the molecule is FC(F)(F)Oc1ccc(Nc2nc(Cc3c(Cl)cccc3Cl)nc3scnc23)cc1. The van der Waals surface area contributed by atoms with Crippen LogP contribution in [0.1, 0.15) is 11.4 Å². The van der Waals surface area contributed by atoms with E-state index in [1.165, 1.54) is 35.6 Å². The Morgan fingerprint density at radius 3 is 2.37 bits per heavy atom. The lowest BCUT2D eigenvalue weighted by Crippen LogP contribution is -2.17. The first-order valence-corrected chi connectivity index (χ1v) is 10.1. The lowest BCUT2D eigenvalue weighted by molar-refractivity contribution is -0.274. The molecule has 0 spiro atoms. The summed E-state index contributed by atoms with van der Waals surface area (Å²) in [6.07, 6.45) is -4.44. The molecule has 0 amide bonds. The van der Waals surface area contributed by atoms with Crippen molar-refractivity contribution in [3.8, 4) is 5.75 Å². The van der Waals surface area contributed by atoms with Gasteiger partial charge in [0.25, 0.3) is 0 Å². The Kier molecular flexibility index (Phi) is 5.68. The molecule has 4 aromatic rings. The quantitative estimate of drug-likeness (QED) is 0.354. The Labute approximate surface area is 182 Å². The number of anilines is 2. The van der Waals surface area contributed by atoms with Crippen LogP contribution in [0, 0.1) is 0 Å². The average molecular weight is 471 g/mol. The Morgan fingerprint density at radius 1 is 1.00 bits per heavy atom. The number of aromatic nitrogens is 3. The van der Waals surface area contributed by atoms with Gasteiger partial charge in [0.1, 0.15) is 21.9 Å². The van der Waals surface area contributed by atoms with E-state index in [0.29, 0.717) is 49.7 Å². The highest BCUT2D eigenvalue weighted by molar-refractivity contribution is 7.16. The highest BCUT2D eigenvalue weighted by atomic mass is 35.5. The molecule has 0 saturated carbocycles. The molecule has 30 heavy (non-hydrogen) atoms. The molecule has 2 heterocycles. The van der Waals surface area contributed by atoms with Crippen LogP contribution in [-0.2, 0) is 6.42 Å². The number of halogens is 5. The first-order chi connectivity index (χ1) is 14.3. The molecular weight excluding hydrogens is 460 g/mol. The van der Waals surface area contributed by atoms with Crippen molar-refractivity contribution in [2.45, 2.75) is 12.8 Å². The summed E-state index contributed by atoms with van der Waals surface area (Å²) in [4.78, 5) is 14.0. The van der Waals surface area contributed by atoms with E-state index in [4.69, 9.17) is 23.2 Å². The van der Waals surface area contributed by atoms with Crippen molar-refractivity contribution in [1.82, 2.24) is 15.0 Å². The van der Waals surface area contributed by atoms with Crippen molar-refractivity contribution in [1.29, 1.82) is 0 Å². The molecule has 0 unspecified atom stereocenters. The first-order valence-electron chi connectivity index (χ1n) is 8.44. The van der Waals surface area contributed by atoms with Gasteiger partial charge >= 0.3 is 6.36 Å². The zero-order valence-electron chi connectivity index (χ0n) is 14.9. The number of benzene rings is 2. The summed E-state index contributed by atoms with van der Waals surface area (Å²) < 4.78 is 40.9. The number of nitrogens with zero attached hydrogens (tertiary/aromatic N) is 3. The van der Waals surface area contributed by atoms with Gasteiger partial charge in [-0.3, -0.25) is 0 Å². The van der Waals surface area contributed by atoms with Crippen molar-refractivity contribution in [3.05, 3.63) is 69.4 Å². The lowest BCUT2D eigenvalue weighted by Gasteiger charge is -2.11. The maximum absolute atomic E-state index is 12.3. The van der Waals surface area contributed by atoms with Crippen molar-refractivity contribution >= 4 is 56.4 Å². The van der Waals surface area contributed by atoms with Gasteiger partial charge in [-0.05, 0) is 42.0 Å². The van der Waals surface area contributed by atoms with E-state index in [1.54, 1.807) is 23.7 Å². The van der Waals surface area contributed by atoms with Crippen molar-refractivity contribution in [2.24, 2.45) is 0 Å². The van der Waals surface area contributed by atoms with Gasteiger partial charge in [0.2, 0.25) is 0 Å². The van der Waals surface area contributed by atoms with Crippen molar-refractivity contribution in [2.75, 3.05) is 5.32 Å². The minimum atomic E-state index is -4.75. The van der Waals surface area contributed by atoms with Gasteiger partial charge in [0.15, 0.2) is 5.82 Å². The fraction of sp³-hybridized carbons (Fsp3) is 0.105. The summed E-state index contributed by atoms with van der Waals surface area (Å²) in [6.45, 7) is 0. The van der Waals surface area contributed by atoms with Gasteiger partial charge in [0, 0.05) is 22.2 Å². The molecule has 0 fully saturated rings. The van der Waals surface area contributed by atoms with E-state index in [-0.39, 0.29) is 5.75 Å². The third-order valence-electron chi connectivity index (χ3n) is 3.99. The molecule has 2 aromatic heterocycles. The Balaban J connectivity index is 1.63. The van der Waals surface area contributed by atoms with Gasteiger partial charge in [-0.1, -0.05) is 29.3 Å². The summed E-state index contributed by atoms with van der Waals surface area (Å²) in [5, 5.41) is 4.08. The summed E-state index contributed by atoms with van der Waals surface area (Å²) in [5.74, 6) is 0.578. The van der Waals surface area contributed by atoms with Crippen molar-refractivity contribution < 1.29 is 17.9 Å². The second-order valence-electron chi connectivity index (χ2n) is 6.07. The maximum atomic E-state index is 12.3. The van der Waals surface area contributed by atoms with E-state index < -0.39 is 6.36 Å². The molecule has 2 aromatic carbocycles. The summed E-state index contributed by atoms with van der Waals surface area (Å²) in [5.41, 5.74) is 3.39. The molecular formula is C19H11Cl2F3N4OS. The smallest absolute Gasteiger partial charge is 0.406 e. The summed E-state index contributed by atoms with van der Waals surface area (Å²) in [7, 11) is 0. The zero-order valence-corrected chi connectivity index (χ0v) is 17.2. The fourth-order valence-corrected chi connectivity index (χ4v) is 3.92. The number of rotatable bonds is 5. The standard InChI is InChI=1S/C19H11Cl2F3N4OS/c20-13-2-1-3-14(21)12(13)8-15-27-17(16-18(28-15)30-9-25-16)26-10-4-6-11(7-5-10)29-19(22,23)24/h1-7,9H,8H2,(H,26,27,28). The molecule has 0 radical (unpaired) electrons.